The molecule has 0 spiro atoms. The van der Waals surface area contributed by atoms with E-state index in [0.29, 0.717) is 6.42 Å². The molecule has 0 bridgehead atoms. The molecular weight excluding hydrogens is 307 g/mol. The number of aliphatic carboxylic acids is 1. The fourth-order valence-electron chi connectivity index (χ4n) is 2.31. The van der Waals surface area contributed by atoms with E-state index in [2.05, 4.69) is 0 Å². The highest BCUT2D eigenvalue weighted by molar-refractivity contribution is 5.92. The maximum Gasteiger partial charge on any atom is 0.471 e. The number of halogens is 3. The summed E-state index contributed by atoms with van der Waals surface area (Å²) in [6.07, 6.45) is -4.30. The lowest BCUT2D eigenvalue weighted by Crippen LogP contribution is -2.54. The lowest BCUT2D eigenvalue weighted by molar-refractivity contribution is -0.175. The van der Waals surface area contributed by atoms with Crippen LogP contribution in [-0.4, -0.2) is 59.1 Å². The van der Waals surface area contributed by atoms with Gasteiger partial charge in [-0.1, -0.05) is 0 Å². The summed E-state index contributed by atoms with van der Waals surface area (Å²) >= 11 is 0. The van der Waals surface area contributed by atoms with E-state index in [1.165, 1.54) is 0 Å². The number of nitrogens with one attached hydrogen (secondary N) is 1. The Balaban J connectivity index is 2.84. The molecule has 1 rings (SSSR count). The Kier molecular flexibility index (Phi) is 6.15. The molecule has 1 aliphatic rings. The van der Waals surface area contributed by atoms with Crippen molar-refractivity contribution < 1.29 is 32.7 Å². The lowest BCUT2D eigenvalue weighted by atomic mass is 10.1. The highest BCUT2D eigenvalue weighted by Crippen LogP contribution is 2.21. The molecular formula is C12H18F3N3O4. The quantitative estimate of drug-likeness (QED) is 0.628. The first-order valence-electron chi connectivity index (χ1n) is 6.79. The van der Waals surface area contributed by atoms with Crippen LogP contribution in [0, 0.1) is 0 Å². The molecule has 1 saturated heterocycles. The van der Waals surface area contributed by atoms with Crippen molar-refractivity contribution in [1.29, 1.82) is 0 Å². The molecule has 0 aromatic carbocycles. The molecule has 1 heterocycles. The van der Waals surface area contributed by atoms with Crippen LogP contribution >= 0.6 is 0 Å². The number of likely N-dealkylation sites (tertiary alicyclic amines) is 1. The first-order chi connectivity index (χ1) is 10.2. The Hall–Kier alpha value is -1.84. The van der Waals surface area contributed by atoms with E-state index in [0.717, 1.165) is 4.90 Å². The monoisotopic (exact) mass is 325 g/mol. The SMILES string of the molecule is NCCCC(NC(=O)C(F)(F)F)C(=O)N1CCCC1C(=O)O. The van der Waals surface area contributed by atoms with Crippen LogP contribution in [0.1, 0.15) is 25.7 Å². The fraction of sp³-hybridized carbons (Fsp3) is 0.750. The first-order valence-corrected chi connectivity index (χ1v) is 6.79. The second-order valence-electron chi connectivity index (χ2n) is 4.98. The van der Waals surface area contributed by atoms with E-state index < -0.39 is 36.0 Å². The normalized spacial score (nSPS) is 19.8. The van der Waals surface area contributed by atoms with Crippen LogP contribution in [0.3, 0.4) is 0 Å². The van der Waals surface area contributed by atoms with Gasteiger partial charge in [0, 0.05) is 6.54 Å². The van der Waals surface area contributed by atoms with Gasteiger partial charge < -0.3 is 21.1 Å². The van der Waals surface area contributed by atoms with Gasteiger partial charge in [-0.15, -0.1) is 0 Å². The standard InChI is InChI=1S/C12H18F3N3O4/c13-12(14,15)11(22)17-7(3-1-5-16)9(19)18-6-2-4-8(18)10(20)21/h7-8H,1-6,16H2,(H,17,22)(H,20,21). The van der Waals surface area contributed by atoms with Gasteiger partial charge in [0.1, 0.15) is 12.1 Å². The summed E-state index contributed by atoms with van der Waals surface area (Å²) in [6, 6.07) is -2.51. The molecule has 4 N–H and O–H groups in total. The van der Waals surface area contributed by atoms with Gasteiger partial charge in [0.25, 0.3) is 0 Å². The van der Waals surface area contributed by atoms with Crippen molar-refractivity contribution in [2.24, 2.45) is 5.73 Å². The second-order valence-corrected chi connectivity index (χ2v) is 4.98. The Morgan fingerprint density at radius 3 is 2.50 bits per heavy atom. The van der Waals surface area contributed by atoms with E-state index >= 15 is 0 Å². The average Bonchev–Trinajstić information content (AvgIpc) is 2.90. The number of nitrogens with zero attached hydrogens (tertiary/aromatic N) is 1. The molecule has 10 heteroatoms. The van der Waals surface area contributed by atoms with Crippen LogP contribution < -0.4 is 11.1 Å². The summed E-state index contributed by atoms with van der Waals surface area (Å²) in [5.41, 5.74) is 5.27. The van der Waals surface area contributed by atoms with Gasteiger partial charge >= 0.3 is 18.1 Å². The molecule has 2 unspecified atom stereocenters. The van der Waals surface area contributed by atoms with Gasteiger partial charge in [0.2, 0.25) is 5.91 Å². The molecule has 0 aromatic rings. The maximum absolute atomic E-state index is 12.3. The third-order valence-electron chi connectivity index (χ3n) is 3.38. The van der Waals surface area contributed by atoms with E-state index in [1.807, 2.05) is 0 Å². The number of rotatable bonds is 6. The second kappa shape index (κ2) is 7.43. The van der Waals surface area contributed by atoms with Crippen LogP contribution in [0.4, 0.5) is 13.2 Å². The predicted octanol–water partition coefficient (Wildman–Crippen LogP) is -0.152. The van der Waals surface area contributed by atoms with Crippen LogP contribution in [-0.2, 0) is 14.4 Å². The number of carboxylic acids is 1. The topological polar surface area (TPSA) is 113 Å². The molecule has 0 saturated carbocycles. The number of alkyl halides is 3. The Morgan fingerprint density at radius 2 is 2.00 bits per heavy atom. The van der Waals surface area contributed by atoms with Crippen molar-refractivity contribution >= 4 is 17.8 Å². The fourth-order valence-corrected chi connectivity index (χ4v) is 2.31. The molecule has 0 radical (unpaired) electrons. The van der Waals surface area contributed by atoms with Gasteiger partial charge in [-0.3, -0.25) is 9.59 Å². The number of nitrogens with two attached hydrogens (primary N) is 1. The number of hydrogen-bond acceptors (Lipinski definition) is 4. The maximum atomic E-state index is 12.3. The van der Waals surface area contributed by atoms with Gasteiger partial charge in [-0.2, -0.15) is 13.2 Å². The van der Waals surface area contributed by atoms with Crippen LogP contribution in [0.2, 0.25) is 0 Å². The van der Waals surface area contributed by atoms with Gasteiger partial charge in [0.05, 0.1) is 0 Å². The van der Waals surface area contributed by atoms with Crippen molar-refractivity contribution in [2.75, 3.05) is 13.1 Å². The summed E-state index contributed by atoms with van der Waals surface area (Å²) in [5.74, 6) is -4.27. The van der Waals surface area contributed by atoms with E-state index in [1.54, 1.807) is 5.32 Å². The minimum atomic E-state index is -5.11. The predicted molar refractivity (Wildman–Crippen MR) is 68.6 cm³/mol. The number of amides is 2. The zero-order chi connectivity index (χ0) is 16.9. The highest BCUT2D eigenvalue weighted by Gasteiger charge is 2.43. The third-order valence-corrected chi connectivity index (χ3v) is 3.38. The molecule has 22 heavy (non-hydrogen) atoms. The summed E-state index contributed by atoms with van der Waals surface area (Å²) in [5, 5.41) is 10.6. The number of carboxylic acid groups (broad SMARTS) is 1. The molecule has 7 nitrogen and oxygen atoms in total. The van der Waals surface area contributed by atoms with Gasteiger partial charge in [-0.05, 0) is 32.2 Å². The van der Waals surface area contributed by atoms with Crippen LogP contribution in [0.5, 0.6) is 0 Å². The van der Waals surface area contributed by atoms with E-state index in [9.17, 15) is 27.6 Å². The summed E-state index contributed by atoms with van der Waals surface area (Å²) in [7, 11) is 0. The molecule has 2 amide bonds. The zero-order valence-electron chi connectivity index (χ0n) is 11.7. The molecule has 0 aliphatic carbocycles. The van der Waals surface area contributed by atoms with Crippen LogP contribution in [0.15, 0.2) is 0 Å². The Morgan fingerprint density at radius 1 is 1.36 bits per heavy atom. The van der Waals surface area contributed by atoms with Crippen molar-refractivity contribution in [2.45, 2.75) is 43.9 Å². The third kappa shape index (κ3) is 4.58. The van der Waals surface area contributed by atoms with Crippen molar-refractivity contribution in [3.8, 4) is 0 Å². The van der Waals surface area contributed by atoms with Crippen molar-refractivity contribution in [1.82, 2.24) is 10.2 Å². The minimum absolute atomic E-state index is 0.0833. The molecule has 1 fully saturated rings. The number of carbonyl (C=O) groups is 3. The summed E-state index contributed by atoms with van der Waals surface area (Å²) in [6.45, 7) is 0.269. The lowest BCUT2D eigenvalue weighted by Gasteiger charge is -2.27. The van der Waals surface area contributed by atoms with Crippen molar-refractivity contribution in [3.63, 3.8) is 0 Å². The Labute approximate surface area is 124 Å². The number of carbonyl (C=O) groups excluding carboxylic acids is 2. The highest BCUT2D eigenvalue weighted by atomic mass is 19.4. The zero-order valence-corrected chi connectivity index (χ0v) is 11.7. The Bertz CT molecular complexity index is 442. The molecule has 0 aromatic heterocycles. The van der Waals surface area contributed by atoms with Crippen molar-refractivity contribution in [3.05, 3.63) is 0 Å². The minimum Gasteiger partial charge on any atom is -0.480 e. The summed E-state index contributed by atoms with van der Waals surface area (Å²) in [4.78, 5) is 35.3. The molecule has 1 aliphatic heterocycles. The largest absolute Gasteiger partial charge is 0.480 e. The summed E-state index contributed by atoms with van der Waals surface area (Å²) < 4.78 is 37.0. The average molecular weight is 325 g/mol. The van der Waals surface area contributed by atoms with Gasteiger partial charge in [-0.25, -0.2) is 4.79 Å². The van der Waals surface area contributed by atoms with E-state index in [-0.39, 0.29) is 32.4 Å². The molecule has 126 valence electrons. The smallest absolute Gasteiger partial charge is 0.471 e. The number of hydrogen-bond donors (Lipinski definition) is 3. The molecule has 2 atom stereocenters. The first kappa shape index (κ1) is 18.2. The van der Waals surface area contributed by atoms with Crippen LogP contribution in [0.25, 0.3) is 0 Å². The van der Waals surface area contributed by atoms with Gasteiger partial charge in [0.15, 0.2) is 0 Å². The van der Waals surface area contributed by atoms with E-state index in [4.69, 9.17) is 10.8 Å².